The molecule has 0 aliphatic heterocycles. The van der Waals surface area contributed by atoms with Crippen LogP contribution in [0.2, 0.25) is 0 Å². The molecule has 13 heavy (non-hydrogen) atoms. The Morgan fingerprint density at radius 1 is 1.62 bits per heavy atom. The van der Waals surface area contributed by atoms with Crippen molar-refractivity contribution in [2.45, 2.75) is 0 Å². The number of carbonyl (C=O) groups is 1. The first-order chi connectivity index (χ1) is 6.06. The second-order valence-electron chi connectivity index (χ2n) is 2.29. The van der Waals surface area contributed by atoms with E-state index in [0.29, 0.717) is 3.57 Å². The molecule has 0 aliphatic carbocycles. The Kier molecular flexibility index (Phi) is 2.83. The van der Waals surface area contributed by atoms with Crippen LogP contribution >= 0.6 is 22.6 Å². The zero-order valence-corrected chi connectivity index (χ0v) is 8.50. The normalized spacial score (nSPS) is 9.31. The van der Waals surface area contributed by atoms with Crippen LogP contribution in [0.5, 0.6) is 0 Å². The summed E-state index contributed by atoms with van der Waals surface area (Å²) in [6.45, 7) is 0. The van der Waals surface area contributed by atoms with Gasteiger partial charge in [0.25, 0.3) is 0 Å². The molecule has 66 valence electrons. The molecule has 0 spiro atoms. The Balaban J connectivity index is 3.41. The minimum Gasteiger partial charge on any atom is -0.366 e. The van der Waals surface area contributed by atoms with Crippen molar-refractivity contribution in [3.63, 3.8) is 0 Å². The lowest BCUT2D eigenvalue weighted by molar-refractivity contribution is 0.0999. The molecule has 0 aromatic heterocycles. The van der Waals surface area contributed by atoms with Crippen molar-refractivity contribution in [2.24, 2.45) is 5.73 Å². The van der Waals surface area contributed by atoms with Gasteiger partial charge in [0.15, 0.2) is 0 Å². The lowest BCUT2D eigenvalue weighted by Gasteiger charge is -2.00. The Morgan fingerprint density at radius 2 is 2.23 bits per heavy atom. The number of carbonyl (C=O) groups excluding carboxylic acids is 1. The predicted octanol–water partition coefficient (Wildman–Crippen LogP) is 1.40. The fourth-order valence-corrected chi connectivity index (χ4v) is 1.52. The highest BCUT2D eigenvalue weighted by Gasteiger charge is 2.11. The third kappa shape index (κ3) is 1.95. The number of primary amides is 1. The summed E-state index contributed by atoms with van der Waals surface area (Å²) in [7, 11) is 0. The Hall–Kier alpha value is -1.16. The summed E-state index contributed by atoms with van der Waals surface area (Å²) in [6.07, 6.45) is 0. The van der Waals surface area contributed by atoms with E-state index in [9.17, 15) is 9.18 Å². The van der Waals surface area contributed by atoms with Crippen LogP contribution in [0.3, 0.4) is 0 Å². The summed E-state index contributed by atoms with van der Waals surface area (Å²) in [5.74, 6) is -1.31. The number of hydrogen-bond acceptors (Lipinski definition) is 2. The van der Waals surface area contributed by atoms with Gasteiger partial charge in [-0.3, -0.25) is 4.79 Å². The fourth-order valence-electron chi connectivity index (χ4n) is 0.823. The van der Waals surface area contributed by atoms with Gasteiger partial charge in [-0.05, 0) is 34.7 Å². The van der Waals surface area contributed by atoms with Crippen LogP contribution < -0.4 is 5.73 Å². The van der Waals surface area contributed by atoms with Crippen molar-refractivity contribution in [2.75, 3.05) is 0 Å². The summed E-state index contributed by atoms with van der Waals surface area (Å²) in [5, 5.41) is 8.47. The molecule has 5 heteroatoms. The van der Waals surface area contributed by atoms with Crippen LogP contribution in [0.1, 0.15) is 15.9 Å². The summed E-state index contributed by atoms with van der Waals surface area (Å²) in [5.41, 5.74) is 5.01. The Labute approximate surface area is 87.5 Å². The average Bonchev–Trinajstić information content (AvgIpc) is 2.03. The number of nitrogens with two attached hydrogens (primary N) is 1. The van der Waals surface area contributed by atoms with Crippen LogP contribution in [0, 0.1) is 20.7 Å². The third-order valence-electron chi connectivity index (χ3n) is 1.44. The maximum absolute atomic E-state index is 12.9. The molecule has 0 radical (unpaired) electrons. The van der Waals surface area contributed by atoms with E-state index in [2.05, 4.69) is 0 Å². The van der Waals surface area contributed by atoms with Gasteiger partial charge in [0.05, 0.1) is 11.1 Å². The van der Waals surface area contributed by atoms with Crippen LogP contribution in [0.15, 0.2) is 12.1 Å². The van der Waals surface area contributed by atoms with E-state index >= 15 is 0 Å². The number of benzene rings is 1. The SMILES string of the molecule is N#Cc1cc(C(N)=O)c(I)cc1F. The molecule has 1 aromatic carbocycles. The molecule has 1 rings (SSSR count). The van der Waals surface area contributed by atoms with Gasteiger partial charge in [0.1, 0.15) is 11.9 Å². The zero-order chi connectivity index (χ0) is 10.0. The number of nitrogens with zero attached hydrogens (tertiary/aromatic N) is 1. The molecule has 1 aromatic rings. The first-order valence-electron chi connectivity index (χ1n) is 3.25. The van der Waals surface area contributed by atoms with E-state index in [1.54, 1.807) is 28.7 Å². The number of rotatable bonds is 1. The van der Waals surface area contributed by atoms with E-state index < -0.39 is 11.7 Å². The fraction of sp³-hybridized carbons (Fsp3) is 0. The first-order valence-corrected chi connectivity index (χ1v) is 4.33. The number of nitriles is 1. The van der Waals surface area contributed by atoms with Crippen molar-refractivity contribution < 1.29 is 9.18 Å². The van der Waals surface area contributed by atoms with Crippen molar-refractivity contribution in [3.8, 4) is 6.07 Å². The van der Waals surface area contributed by atoms with Crippen LogP contribution in [0.4, 0.5) is 4.39 Å². The lowest BCUT2D eigenvalue weighted by Crippen LogP contribution is -2.13. The molecule has 0 atom stereocenters. The summed E-state index contributed by atoms with van der Waals surface area (Å²) in [4.78, 5) is 10.8. The van der Waals surface area contributed by atoms with Gasteiger partial charge in [-0.25, -0.2) is 4.39 Å². The Morgan fingerprint density at radius 3 is 2.69 bits per heavy atom. The maximum atomic E-state index is 12.9. The van der Waals surface area contributed by atoms with Crippen LogP contribution in [-0.4, -0.2) is 5.91 Å². The topological polar surface area (TPSA) is 66.9 Å². The molecule has 2 N–H and O–H groups in total. The number of hydrogen-bond donors (Lipinski definition) is 1. The zero-order valence-electron chi connectivity index (χ0n) is 6.34. The van der Waals surface area contributed by atoms with E-state index in [4.69, 9.17) is 11.0 Å². The minimum atomic E-state index is -0.666. The van der Waals surface area contributed by atoms with Gasteiger partial charge < -0.3 is 5.73 Å². The monoisotopic (exact) mass is 290 g/mol. The van der Waals surface area contributed by atoms with Gasteiger partial charge in [-0.15, -0.1) is 0 Å². The second kappa shape index (κ2) is 3.70. The van der Waals surface area contributed by atoms with Crippen molar-refractivity contribution in [1.29, 1.82) is 5.26 Å². The molecule has 0 saturated heterocycles. The van der Waals surface area contributed by atoms with Crippen LogP contribution in [-0.2, 0) is 0 Å². The van der Waals surface area contributed by atoms with Gasteiger partial charge in [0, 0.05) is 3.57 Å². The maximum Gasteiger partial charge on any atom is 0.249 e. The highest BCUT2D eigenvalue weighted by Crippen LogP contribution is 2.16. The van der Waals surface area contributed by atoms with Crippen molar-refractivity contribution in [3.05, 3.63) is 32.6 Å². The van der Waals surface area contributed by atoms with E-state index in [-0.39, 0.29) is 11.1 Å². The summed E-state index contributed by atoms with van der Waals surface area (Å²) >= 11 is 1.78. The number of amides is 1. The van der Waals surface area contributed by atoms with Crippen LogP contribution in [0.25, 0.3) is 0 Å². The molecular formula is C8H4FIN2O. The molecule has 0 saturated carbocycles. The quantitative estimate of drug-likeness (QED) is 0.794. The van der Waals surface area contributed by atoms with E-state index in [1.165, 1.54) is 0 Å². The van der Waals surface area contributed by atoms with Gasteiger partial charge in [0.2, 0.25) is 5.91 Å². The molecule has 0 unspecified atom stereocenters. The predicted molar refractivity (Wildman–Crippen MR) is 52.3 cm³/mol. The number of halogens is 2. The summed E-state index contributed by atoms with van der Waals surface area (Å²) in [6, 6.07) is 3.89. The molecule has 0 fully saturated rings. The molecular weight excluding hydrogens is 286 g/mol. The van der Waals surface area contributed by atoms with Crippen molar-refractivity contribution in [1.82, 2.24) is 0 Å². The highest BCUT2D eigenvalue weighted by atomic mass is 127. The Bertz CT molecular complexity index is 411. The largest absolute Gasteiger partial charge is 0.366 e. The van der Waals surface area contributed by atoms with E-state index in [1.807, 2.05) is 0 Å². The summed E-state index contributed by atoms with van der Waals surface area (Å²) < 4.78 is 13.3. The average molecular weight is 290 g/mol. The smallest absolute Gasteiger partial charge is 0.249 e. The molecule has 1 amide bonds. The lowest BCUT2D eigenvalue weighted by atomic mass is 10.1. The van der Waals surface area contributed by atoms with Gasteiger partial charge in [-0.2, -0.15) is 5.26 Å². The molecule has 0 bridgehead atoms. The van der Waals surface area contributed by atoms with Crippen molar-refractivity contribution >= 4 is 28.5 Å². The van der Waals surface area contributed by atoms with Gasteiger partial charge in [-0.1, -0.05) is 0 Å². The van der Waals surface area contributed by atoms with E-state index in [0.717, 1.165) is 12.1 Å². The van der Waals surface area contributed by atoms with Gasteiger partial charge >= 0.3 is 0 Å². The molecule has 3 nitrogen and oxygen atoms in total. The minimum absolute atomic E-state index is 0.165. The third-order valence-corrected chi connectivity index (χ3v) is 2.34. The first kappa shape index (κ1) is 9.92. The highest BCUT2D eigenvalue weighted by molar-refractivity contribution is 14.1. The molecule has 0 heterocycles. The standard InChI is InChI=1S/C8H4FIN2O/c9-6-2-7(10)5(8(12)13)1-4(6)3-11/h1-2H,(H2,12,13). The second-order valence-corrected chi connectivity index (χ2v) is 3.45. The molecule has 0 aliphatic rings.